The lowest BCUT2D eigenvalue weighted by Crippen LogP contribution is -1.76. The first kappa shape index (κ1) is 10.4. The van der Waals surface area contributed by atoms with Gasteiger partial charge in [0.15, 0.2) is 0 Å². The van der Waals surface area contributed by atoms with Crippen molar-refractivity contribution < 1.29 is 4.79 Å². The fraction of sp³-hybridized carbons (Fsp3) is 0.100. The van der Waals surface area contributed by atoms with Gasteiger partial charge in [0.05, 0.1) is 0 Å². The predicted molar refractivity (Wildman–Crippen MR) is 62.3 cm³/mol. The van der Waals surface area contributed by atoms with Crippen LogP contribution >= 0.6 is 24.4 Å². The second-order valence-corrected chi connectivity index (χ2v) is 4.09. The normalized spacial score (nSPS) is 10.5. The van der Waals surface area contributed by atoms with E-state index in [2.05, 4.69) is 12.6 Å². The van der Waals surface area contributed by atoms with Crippen LogP contribution in [0.25, 0.3) is 6.08 Å². The molecule has 0 fully saturated rings. The lowest BCUT2D eigenvalue weighted by molar-refractivity contribution is 0.277. The molecular weight excluding hydrogens is 200 g/mol. The number of hydrogen-bond acceptors (Lipinski definition) is 2. The minimum atomic E-state index is -0.141. The molecule has 13 heavy (non-hydrogen) atoms. The van der Waals surface area contributed by atoms with Crippen LogP contribution in [0.4, 0.5) is 4.79 Å². The Morgan fingerprint density at radius 1 is 1.38 bits per heavy atom. The van der Waals surface area contributed by atoms with Crippen molar-refractivity contribution in [2.45, 2.75) is 0 Å². The lowest BCUT2D eigenvalue weighted by Gasteiger charge is -1.90. The Morgan fingerprint density at radius 3 is 2.69 bits per heavy atom. The molecule has 0 bridgehead atoms. The van der Waals surface area contributed by atoms with Crippen molar-refractivity contribution in [2.75, 3.05) is 5.75 Å². The Labute approximate surface area is 87.6 Å². The van der Waals surface area contributed by atoms with Gasteiger partial charge in [-0.1, -0.05) is 66.9 Å². The minimum absolute atomic E-state index is 0.141. The molecule has 0 aromatic heterocycles. The van der Waals surface area contributed by atoms with Gasteiger partial charge < -0.3 is 0 Å². The van der Waals surface area contributed by atoms with E-state index >= 15 is 0 Å². The van der Waals surface area contributed by atoms with Crippen LogP contribution in [-0.4, -0.2) is 10.2 Å². The molecule has 0 unspecified atom stereocenters. The molecule has 0 radical (unpaired) electrons. The smallest absolute Gasteiger partial charge is 0.243 e. The van der Waals surface area contributed by atoms with Crippen LogP contribution in [0.5, 0.6) is 0 Å². The first-order valence-electron chi connectivity index (χ1n) is 3.86. The van der Waals surface area contributed by atoms with Crippen LogP contribution < -0.4 is 0 Å². The van der Waals surface area contributed by atoms with Gasteiger partial charge in [0.1, 0.15) is 0 Å². The SMILES string of the molecule is O=C(S)SC/C=C/c1ccccc1. The monoisotopic (exact) mass is 210 g/mol. The van der Waals surface area contributed by atoms with E-state index in [1.54, 1.807) is 0 Å². The molecule has 68 valence electrons. The zero-order valence-corrected chi connectivity index (χ0v) is 8.72. The van der Waals surface area contributed by atoms with E-state index < -0.39 is 0 Å². The molecule has 0 aliphatic rings. The predicted octanol–water partition coefficient (Wildman–Crippen LogP) is 3.48. The van der Waals surface area contributed by atoms with Crippen molar-refractivity contribution in [2.24, 2.45) is 0 Å². The summed E-state index contributed by atoms with van der Waals surface area (Å²) >= 11 is 4.84. The molecule has 0 saturated carbocycles. The molecule has 0 aliphatic heterocycles. The van der Waals surface area contributed by atoms with Crippen LogP contribution in [0.2, 0.25) is 0 Å². The molecule has 0 amide bonds. The van der Waals surface area contributed by atoms with Crippen LogP contribution in [0, 0.1) is 0 Å². The third-order valence-electron chi connectivity index (χ3n) is 1.41. The van der Waals surface area contributed by atoms with Gasteiger partial charge in [-0.15, -0.1) is 0 Å². The van der Waals surface area contributed by atoms with Gasteiger partial charge >= 0.3 is 0 Å². The van der Waals surface area contributed by atoms with Gasteiger partial charge in [-0.05, 0) is 5.56 Å². The Hall–Kier alpha value is -0.670. The molecule has 3 heteroatoms. The highest BCUT2D eigenvalue weighted by Crippen LogP contribution is 2.08. The zero-order chi connectivity index (χ0) is 9.52. The number of carbonyl (C=O) groups is 1. The van der Waals surface area contributed by atoms with Crippen molar-refractivity contribution >= 4 is 34.9 Å². The summed E-state index contributed by atoms with van der Waals surface area (Å²) in [4.78, 5) is 10.4. The van der Waals surface area contributed by atoms with Crippen molar-refractivity contribution in [3.8, 4) is 0 Å². The lowest BCUT2D eigenvalue weighted by atomic mass is 10.2. The van der Waals surface area contributed by atoms with E-state index in [0.29, 0.717) is 5.75 Å². The fourth-order valence-electron chi connectivity index (χ4n) is 0.868. The molecule has 0 aliphatic carbocycles. The first-order chi connectivity index (χ1) is 6.29. The average Bonchev–Trinajstić information content (AvgIpc) is 2.14. The summed E-state index contributed by atoms with van der Waals surface area (Å²) in [6.07, 6.45) is 3.94. The van der Waals surface area contributed by atoms with Crippen molar-refractivity contribution in [3.63, 3.8) is 0 Å². The van der Waals surface area contributed by atoms with Crippen molar-refractivity contribution in [3.05, 3.63) is 42.0 Å². The quantitative estimate of drug-likeness (QED) is 0.769. The summed E-state index contributed by atoms with van der Waals surface area (Å²) in [6.45, 7) is 0. The Morgan fingerprint density at radius 2 is 2.08 bits per heavy atom. The van der Waals surface area contributed by atoms with Gasteiger partial charge in [-0.25, -0.2) is 0 Å². The van der Waals surface area contributed by atoms with Gasteiger partial charge in [-0.3, -0.25) is 4.79 Å². The van der Waals surface area contributed by atoms with Gasteiger partial charge in [0.2, 0.25) is 4.45 Å². The molecule has 1 aromatic carbocycles. The largest absolute Gasteiger partial charge is 0.275 e. The Bertz CT molecular complexity index is 293. The van der Waals surface area contributed by atoms with E-state index in [-0.39, 0.29) is 4.45 Å². The third kappa shape index (κ3) is 4.80. The van der Waals surface area contributed by atoms with Crippen molar-refractivity contribution in [1.82, 2.24) is 0 Å². The second kappa shape index (κ2) is 5.89. The maximum atomic E-state index is 10.4. The summed E-state index contributed by atoms with van der Waals surface area (Å²) in [5.41, 5.74) is 1.15. The summed E-state index contributed by atoms with van der Waals surface area (Å²) in [6, 6.07) is 9.98. The molecule has 0 spiro atoms. The highest BCUT2D eigenvalue weighted by atomic mass is 32.2. The first-order valence-corrected chi connectivity index (χ1v) is 5.29. The molecule has 1 rings (SSSR count). The molecule has 0 atom stereocenters. The number of hydrogen-bond donors (Lipinski definition) is 1. The molecule has 1 nitrogen and oxygen atoms in total. The molecule has 0 saturated heterocycles. The van der Waals surface area contributed by atoms with E-state index in [4.69, 9.17) is 0 Å². The fourth-order valence-corrected chi connectivity index (χ4v) is 1.43. The number of rotatable bonds is 3. The number of carbonyl (C=O) groups excluding carboxylic acids is 1. The topological polar surface area (TPSA) is 17.1 Å². The Balaban J connectivity index is 2.37. The number of benzene rings is 1. The van der Waals surface area contributed by atoms with E-state index in [0.717, 1.165) is 5.56 Å². The van der Waals surface area contributed by atoms with E-state index in [9.17, 15) is 4.79 Å². The average molecular weight is 210 g/mol. The van der Waals surface area contributed by atoms with Gasteiger partial charge in [0, 0.05) is 5.75 Å². The summed E-state index contributed by atoms with van der Waals surface area (Å²) in [5.74, 6) is 0.678. The molecule has 0 heterocycles. The summed E-state index contributed by atoms with van der Waals surface area (Å²) in [7, 11) is 0. The minimum Gasteiger partial charge on any atom is -0.275 e. The highest BCUT2D eigenvalue weighted by Gasteiger charge is 1.89. The molecular formula is C10H10OS2. The maximum absolute atomic E-state index is 10.4. The van der Waals surface area contributed by atoms with Crippen molar-refractivity contribution in [1.29, 1.82) is 0 Å². The second-order valence-electron chi connectivity index (χ2n) is 2.39. The Kier molecular flexibility index (Phi) is 4.72. The van der Waals surface area contributed by atoms with Crippen LogP contribution in [-0.2, 0) is 0 Å². The van der Waals surface area contributed by atoms with Crippen LogP contribution in [0.3, 0.4) is 0 Å². The molecule has 1 aromatic rings. The summed E-state index contributed by atoms with van der Waals surface area (Å²) in [5, 5.41) is 0. The summed E-state index contributed by atoms with van der Waals surface area (Å²) < 4.78 is -0.141. The van der Waals surface area contributed by atoms with E-state index in [1.165, 1.54) is 11.8 Å². The number of thioether (sulfide) groups is 1. The highest BCUT2D eigenvalue weighted by molar-refractivity contribution is 8.32. The van der Waals surface area contributed by atoms with E-state index in [1.807, 2.05) is 42.5 Å². The molecule has 0 N–H and O–H groups in total. The van der Waals surface area contributed by atoms with Crippen LogP contribution in [0.1, 0.15) is 5.56 Å². The van der Waals surface area contributed by atoms with Gasteiger partial charge in [0.25, 0.3) is 0 Å². The zero-order valence-electron chi connectivity index (χ0n) is 7.01. The third-order valence-corrected chi connectivity index (χ3v) is 2.41. The van der Waals surface area contributed by atoms with Crippen LogP contribution in [0.15, 0.2) is 36.4 Å². The number of thiol groups is 1. The van der Waals surface area contributed by atoms with Gasteiger partial charge in [-0.2, -0.15) is 0 Å². The standard InChI is InChI=1S/C10H10OS2/c11-10(12)13-8-4-7-9-5-2-1-3-6-9/h1-7H,8H2,(H,11,12)/b7-4+. The maximum Gasteiger partial charge on any atom is 0.243 e.